The van der Waals surface area contributed by atoms with E-state index < -0.39 is 35.3 Å². The number of alkyl halides is 2. The molecule has 2 N–H and O–H groups in total. The average Bonchev–Trinajstić information content (AvgIpc) is 2.22. The molecular formula is C10H9BrF4NO-. The molecule has 0 radical (unpaired) electrons. The van der Waals surface area contributed by atoms with Gasteiger partial charge in [0, 0.05) is 6.07 Å². The minimum atomic E-state index is -3.84. The quantitative estimate of drug-likeness (QED) is 0.672. The zero-order valence-electron chi connectivity index (χ0n) is 8.70. The number of aliphatic hydroxyl groups is 1. The highest BCUT2D eigenvalue weighted by Gasteiger charge is 2.43. The summed E-state index contributed by atoms with van der Waals surface area (Å²) in [6, 6.07) is 1.20. The van der Waals surface area contributed by atoms with Gasteiger partial charge in [0.05, 0.1) is 4.47 Å². The van der Waals surface area contributed by atoms with Gasteiger partial charge in [-0.15, -0.1) is 0 Å². The minimum Gasteiger partial charge on any atom is -0.663 e. The van der Waals surface area contributed by atoms with Crippen LogP contribution >= 0.6 is 15.9 Å². The Balaban J connectivity index is 3.38. The Hall–Kier alpha value is -0.660. The molecule has 0 saturated carbocycles. The molecule has 0 unspecified atom stereocenters. The summed E-state index contributed by atoms with van der Waals surface area (Å²) in [5.74, 6) is -6.05. The lowest BCUT2D eigenvalue weighted by atomic mass is 9.86. The van der Waals surface area contributed by atoms with E-state index >= 15 is 0 Å². The fourth-order valence-corrected chi connectivity index (χ4v) is 1.60. The summed E-state index contributed by atoms with van der Waals surface area (Å²) in [6.45, 7) is -0.840. The van der Waals surface area contributed by atoms with Gasteiger partial charge < -0.3 is 10.8 Å². The van der Waals surface area contributed by atoms with Crippen molar-refractivity contribution in [2.75, 3.05) is 6.61 Å². The molecule has 17 heavy (non-hydrogen) atoms. The smallest absolute Gasteiger partial charge is 0.261 e. The van der Waals surface area contributed by atoms with Gasteiger partial charge in [0.15, 0.2) is 0 Å². The van der Waals surface area contributed by atoms with Crippen LogP contribution in [0.5, 0.6) is 0 Å². The first kappa shape index (κ1) is 14.4. The van der Waals surface area contributed by atoms with Crippen molar-refractivity contribution in [2.45, 2.75) is 18.4 Å². The maximum Gasteiger partial charge on any atom is 0.261 e. The van der Waals surface area contributed by atoms with Crippen LogP contribution in [0.25, 0.3) is 5.73 Å². The number of nitrogens with one attached hydrogen (secondary N) is 1. The fraction of sp³-hybridized carbons (Fsp3) is 0.400. The predicted octanol–water partition coefficient (Wildman–Crippen LogP) is 3.62. The molecule has 2 nitrogen and oxygen atoms in total. The Kier molecular flexibility index (Phi) is 3.85. The van der Waals surface area contributed by atoms with Crippen molar-refractivity contribution < 1.29 is 22.7 Å². The Morgan fingerprint density at radius 1 is 1.29 bits per heavy atom. The first-order chi connectivity index (χ1) is 7.63. The lowest BCUT2D eigenvalue weighted by molar-refractivity contribution is -0.0945. The molecule has 0 fully saturated rings. The zero-order valence-corrected chi connectivity index (χ0v) is 10.3. The highest BCUT2D eigenvalue weighted by molar-refractivity contribution is 9.10. The van der Waals surface area contributed by atoms with Crippen LogP contribution in [0.1, 0.15) is 12.5 Å². The van der Waals surface area contributed by atoms with Crippen molar-refractivity contribution >= 4 is 15.9 Å². The molecule has 0 saturated heterocycles. The van der Waals surface area contributed by atoms with Crippen molar-refractivity contribution in [3.8, 4) is 0 Å². The average molecular weight is 315 g/mol. The molecule has 0 aliphatic carbocycles. The maximum atomic E-state index is 13.4. The number of benzene rings is 1. The van der Waals surface area contributed by atoms with Crippen molar-refractivity contribution in [1.82, 2.24) is 0 Å². The predicted molar refractivity (Wildman–Crippen MR) is 57.8 cm³/mol. The van der Waals surface area contributed by atoms with Crippen molar-refractivity contribution in [2.24, 2.45) is 0 Å². The molecule has 7 heteroatoms. The van der Waals surface area contributed by atoms with Crippen LogP contribution < -0.4 is 0 Å². The number of aliphatic hydroxyl groups excluding tert-OH is 1. The van der Waals surface area contributed by atoms with Gasteiger partial charge in [-0.2, -0.15) is 0 Å². The van der Waals surface area contributed by atoms with E-state index in [1.807, 2.05) is 0 Å². The van der Waals surface area contributed by atoms with Crippen molar-refractivity contribution in [1.29, 1.82) is 0 Å². The largest absolute Gasteiger partial charge is 0.663 e. The summed E-state index contributed by atoms with van der Waals surface area (Å²) in [7, 11) is 0. The van der Waals surface area contributed by atoms with Gasteiger partial charge in [0.25, 0.3) is 5.92 Å². The monoisotopic (exact) mass is 314 g/mol. The van der Waals surface area contributed by atoms with Crippen LogP contribution in [-0.4, -0.2) is 17.6 Å². The van der Waals surface area contributed by atoms with E-state index in [0.29, 0.717) is 6.07 Å². The van der Waals surface area contributed by atoms with Gasteiger partial charge in [0.2, 0.25) is 0 Å². The van der Waals surface area contributed by atoms with E-state index in [1.54, 1.807) is 0 Å². The van der Waals surface area contributed by atoms with Gasteiger partial charge in [-0.1, -0.05) is 6.92 Å². The van der Waals surface area contributed by atoms with Gasteiger partial charge in [-0.3, -0.25) is 0 Å². The fourth-order valence-electron chi connectivity index (χ4n) is 1.26. The Bertz CT molecular complexity index is 437. The number of halogens is 5. The second-order valence-electron chi connectivity index (χ2n) is 3.73. The second kappa shape index (κ2) is 4.55. The molecule has 0 bridgehead atoms. The first-order valence-corrected chi connectivity index (χ1v) is 5.31. The summed E-state index contributed by atoms with van der Waals surface area (Å²) < 4.78 is 52.7. The van der Waals surface area contributed by atoms with Crippen LogP contribution in [0.2, 0.25) is 0 Å². The summed E-state index contributed by atoms with van der Waals surface area (Å²) in [5.41, 5.74) is 4.10. The lowest BCUT2D eigenvalue weighted by Gasteiger charge is -2.41. The maximum absolute atomic E-state index is 13.4. The van der Waals surface area contributed by atoms with Crippen LogP contribution in [0.15, 0.2) is 16.6 Å². The summed E-state index contributed by atoms with van der Waals surface area (Å²) >= 11 is 2.73. The molecule has 1 rings (SSSR count). The molecule has 0 aliphatic heterocycles. The van der Waals surface area contributed by atoms with E-state index in [-0.39, 0.29) is 4.47 Å². The molecule has 96 valence electrons. The van der Waals surface area contributed by atoms with E-state index in [2.05, 4.69) is 15.9 Å². The van der Waals surface area contributed by atoms with Gasteiger partial charge in [-0.05, 0) is 33.1 Å². The van der Waals surface area contributed by atoms with Gasteiger partial charge >= 0.3 is 0 Å². The normalized spacial score (nSPS) is 15.8. The molecule has 0 spiro atoms. The second-order valence-corrected chi connectivity index (χ2v) is 4.59. The number of hydrogen-bond donors (Lipinski definition) is 1. The molecule has 0 aromatic heterocycles. The van der Waals surface area contributed by atoms with E-state index in [0.717, 1.165) is 13.0 Å². The van der Waals surface area contributed by atoms with Crippen LogP contribution in [0.3, 0.4) is 0 Å². The van der Waals surface area contributed by atoms with Crippen LogP contribution in [-0.2, 0) is 5.54 Å². The lowest BCUT2D eigenvalue weighted by Crippen LogP contribution is -2.43. The number of hydrogen-bond acceptors (Lipinski definition) is 1. The SMILES string of the molecule is C[C@@]([NH-])(c1cc(Br)c(F)cc1F)C(F)(F)CO. The Morgan fingerprint density at radius 3 is 2.29 bits per heavy atom. The van der Waals surface area contributed by atoms with E-state index in [1.165, 1.54) is 0 Å². The van der Waals surface area contributed by atoms with Crippen molar-refractivity contribution in [3.63, 3.8) is 0 Å². The summed E-state index contributed by atoms with van der Waals surface area (Å²) in [5, 5.41) is 8.53. The third-order valence-electron chi connectivity index (χ3n) is 2.48. The highest BCUT2D eigenvalue weighted by atomic mass is 79.9. The molecule has 0 heterocycles. The zero-order chi connectivity index (χ0) is 13.4. The third-order valence-corrected chi connectivity index (χ3v) is 3.09. The van der Waals surface area contributed by atoms with Crippen molar-refractivity contribution in [3.05, 3.63) is 39.5 Å². The molecule has 1 atom stereocenters. The van der Waals surface area contributed by atoms with Gasteiger partial charge in [0.1, 0.15) is 18.2 Å². The molecule has 1 aromatic rings. The molecule has 0 aliphatic rings. The van der Waals surface area contributed by atoms with Gasteiger partial charge in [-0.25, -0.2) is 17.6 Å². The highest BCUT2D eigenvalue weighted by Crippen LogP contribution is 2.42. The van der Waals surface area contributed by atoms with E-state index in [4.69, 9.17) is 10.8 Å². The van der Waals surface area contributed by atoms with Crippen LogP contribution in [0, 0.1) is 11.6 Å². The molecular weight excluding hydrogens is 306 g/mol. The third kappa shape index (κ3) is 2.46. The standard InChI is InChI=1S/C10H9BrF4NO/c1-9(16,10(14,15)4-17)5-2-6(11)8(13)3-7(5)12/h2-3,16-17H,4H2,1H3/q-1/t9-/m1/s1. The Labute approximate surface area is 104 Å². The summed E-state index contributed by atoms with van der Waals surface area (Å²) in [6.07, 6.45) is 0. The molecule has 0 amide bonds. The minimum absolute atomic E-state index is 0.221. The topological polar surface area (TPSA) is 44.0 Å². The summed E-state index contributed by atoms with van der Waals surface area (Å²) in [4.78, 5) is 0. The Morgan fingerprint density at radius 2 is 1.82 bits per heavy atom. The molecule has 1 aromatic carbocycles. The van der Waals surface area contributed by atoms with E-state index in [9.17, 15) is 17.6 Å². The number of rotatable bonds is 3. The van der Waals surface area contributed by atoms with Crippen LogP contribution in [0.4, 0.5) is 17.6 Å². The first-order valence-electron chi connectivity index (χ1n) is 4.52.